The molecule has 0 amide bonds. The predicted octanol–water partition coefficient (Wildman–Crippen LogP) is 3.44. The summed E-state index contributed by atoms with van der Waals surface area (Å²) in [7, 11) is 3.33. The minimum absolute atomic E-state index is 0.136. The maximum atomic E-state index is 13.9. The molecule has 1 aliphatic carbocycles. The summed E-state index contributed by atoms with van der Waals surface area (Å²) in [6.07, 6.45) is 2.18. The van der Waals surface area contributed by atoms with Crippen LogP contribution in [0.15, 0.2) is 41.2 Å². The molecule has 0 spiro atoms. The van der Waals surface area contributed by atoms with Gasteiger partial charge in [0.15, 0.2) is 5.82 Å². The van der Waals surface area contributed by atoms with Gasteiger partial charge in [-0.25, -0.2) is 4.98 Å². The number of phenolic OH excluding ortho intramolecular Hbond substituents is 1. The van der Waals surface area contributed by atoms with E-state index in [0.29, 0.717) is 37.9 Å². The van der Waals surface area contributed by atoms with Crippen molar-refractivity contribution in [1.29, 1.82) is 0 Å². The van der Waals surface area contributed by atoms with Crippen LogP contribution in [0.2, 0.25) is 0 Å². The Morgan fingerprint density at radius 1 is 1.24 bits per heavy atom. The highest BCUT2D eigenvalue weighted by Crippen LogP contribution is 2.46. The standard InChI is InChI=1S/C23H20N6O3S/c1-28-26-18(25-27-28)11-29-21(14-9-8-13(32-2)10-16(14)12-6-7-12)24-22-19(23(29)31)15-4-3-5-17(30)20(15)33-22/h3-5,8-10,12,30H,6-7,11H2,1-2H3. The fraction of sp³-hybridized carbons (Fsp3) is 0.261. The van der Waals surface area contributed by atoms with E-state index >= 15 is 0 Å². The SMILES string of the molecule is COc1ccc(-c2nc3sc4c(O)cccc4c3c(=O)n2Cc2nnn(C)n2)c(C2CC2)c1. The number of fused-ring (bicyclic) bond motifs is 3. The number of hydrogen-bond donors (Lipinski definition) is 1. The molecule has 0 saturated heterocycles. The summed E-state index contributed by atoms with van der Waals surface area (Å²) in [4.78, 5) is 20.8. The summed E-state index contributed by atoms with van der Waals surface area (Å²) >= 11 is 1.32. The molecule has 1 saturated carbocycles. The average molecular weight is 461 g/mol. The Bertz CT molecular complexity index is 1600. The van der Waals surface area contributed by atoms with Crippen LogP contribution in [-0.2, 0) is 13.6 Å². The van der Waals surface area contributed by atoms with E-state index in [1.54, 1.807) is 30.9 Å². The first-order valence-electron chi connectivity index (χ1n) is 10.6. The van der Waals surface area contributed by atoms with Gasteiger partial charge in [0.2, 0.25) is 0 Å². The Kier molecular flexibility index (Phi) is 4.44. The van der Waals surface area contributed by atoms with Gasteiger partial charge in [-0.05, 0) is 53.8 Å². The number of hydrogen-bond acceptors (Lipinski definition) is 8. The van der Waals surface area contributed by atoms with E-state index in [1.807, 2.05) is 24.3 Å². The first-order chi connectivity index (χ1) is 16.0. The normalized spacial score (nSPS) is 13.8. The first kappa shape index (κ1) is 19.9. The Morgan fingerprint density at radius 3 is 2.82 bits per heavy atom. The maximum absolute atomic E-state index is 13.9. The van der Waals surface area contributed by atoms with Crippen molar-refractivity contribution in [2.75, 3.05) is 7.11 Å². The molecule has 3 aromatic heterocycles. The van der Waals surface area contributed by atoms with E-state index in [2.05, 4.69) is 15.4 Å². The fourth-order valence-corrected chi connectivity index (χ4v) is 5.33. The van der Waals surface area contributed by atoms with E-state index in [0.717, 1.165) is 29.7 Å². The third-order valence-corrected chi connectivity index (χ3v) is 7.09. The third-order valence-electron chi connectivity index (χ3n) is 5.96. The first-order valence-corrected chi connectivity index (χ1v) is 11.4. The molecule has 0 aliphatic heterocycles. The number of ether oxygens (including phenoxy) is 1. The Balaban J connectivity index is 1.67. The molecule has 0 unspecified atom stereocenters. The second-order valence-electron chi connectivity index (χ2n) is 8.19. The molecular formula is C23H20N6O3S. The average Bonchev–Trinajstić information content (AvgIpc) is 3.47. The van der Waals surface area contributed by atoms with Gasteiger partial charge in [-0.1, -0.05) is 12.1 Å². The third kappa shape index (κ3) is 3.25. The lowest BCUT2D eigenvalue weighted by molar-refractivity contribution is 0.414. The van der Waals surface area contributed by atoms with Crippen LogP contribution in [0.1, 0.15) is 30.1 Å². The molecule has 10 heteroatoms. The number of nitrogens with zero attached hydrogens (tertiary/aromatic N) is 6. The van der Waals surface area contributed by atoms with E-state index in [9.17, 15) is 9.90 Å². The van der Waals surface area contributed by atoms with Gasteiger partial charge in [0, 0.05) is 10.9 Å². The van der Waals surface area contributed by atoms with Crippen molar-refractivity contribution < 1.29 is 9.84 Å². The van der Waals surface area contributed by atoms with Crippen LogP contribution in [0.25, 0.3) is 31.7 Å². The maximum Gasteiger partial charge on any atom is 0.263 e. The monoisotopic (exact) mass is 460 g/mol. The van der Waals surface area contributed by atoms with E-state index in [-0.39, 0.29) is 17.9 Å². The number of aromatic nitrogens is 6. The number of benzene rings is 2. The zero-order valence-electron chi connectivity index (χ0n) is 18.0. The van der Waals surface area contributed by atoms with Crippen molar-refractivity contribution in [3.8, 4) is 22.9 Å². The lowest BCUT2D eigenvalue weighted by atomic mass is 10.0. The van der Waals surface area contributed by atoms with Crippen LogP contribution in [0, 0.1) is 0 Å². The van der Waals surface area contributed by atoms with Crippen molar-refractivity contribution in [3.05, 3.63) is 58.1 Å². The minimum Gasteiger partial charge on any atom is -0.506 e. The van der Waals surface area contributed by atoms with Crippen molar-refractivity contribution in [2.24, 2.45) is 7.05 Å². The van der Waals surface area contributed by atoms with Crippen LogP contribution in [0.3, 0.4) is 0 Å². The Labute approximate surface area is 191 Å². The number of tetrazole rings is 1. The zero-order chi connectivity index (χ0) is 22.7. The molecule has 6 rings (SSSR count). The number of methoxy groups -OCH3 is 1. The Hall–Kier alpha value is -3.79. The summed E-state index contributed by atoms with van der Waals surface area (Å²) in [6, 6.07) is 11.1. The van der Waals surface area contributed by atoms with E-state index < -0.39 is 0 Å². The molecule has 0 bridgehead atoms. The fourth-order valence-electron chi connectivity index (χ4n) is 4.25. The molecule has 1 N–H and O–H groups in total. The van der Waals surface area contributed by atoms with E-state index in [4.69, 9.17) is 9.72 Å². The molecule has 33 heavy (non-hydrogen) atoms. The number of aryl methyl sites for hydroxylation is 1. The highest BCUT2D eigenvalue weighted by Gasteiger charge is 2.29. The number of aromatic hydroxyl groups is 1. The molecular weight excluding hydrogens is 440 g/mol. The molecule has 166 valence electrons. The van der Waals surface area contributed by atoms with E-state index in [1.165, 1.54) is 16.1 Å². The quantitative estimate of drug-likeness (QED) is 0.428. The summed E-state index contributed by atoms with van der Waals surface area (Å²) in [6.45, 7) is 0.136. The second-order valence-corrected chi connectivity index (χ2v) is 9.18. The van der Waals surface area contributed by atoms with Gasteiger partial charge in [-0.15, -0.1) is 21.5 Å². The predicted molar refractivity (Wildman–Crippen MR) is 125 cm³/mol. The number of thiophene rings is 1. The van der Waals surface area contributed by atoms with Crippen molar-refractivity contribution >= 4 is 31.6 Å². The molecule has 1 aliphatic rings. The largest absolute Gasteiger partial charge is 0.506 e. The van der Waals surface area contributed by atoms with Gasteiger partial charge in [0.25, 0.3) is 5.56 Å². The summed E-state index contributed by atoms with van der Waals surface area (Å²) < 4.78 is 7.72. The minimum atomic E-state index is -0.197. The van der Waals surface area contributed by atoms with Crippen molar-refractivity contribution in [1.82, 2.24) is 29.8 Å². The van der Waals surface area contributed by atoms with Crippen LogP contribution < -0.4 is 10.3 Å². The molecule has 3 heterocycles. The second kappa shape index (κ2) is 7.38. The number of rotatable bonds is 5. The van der Waals surface area contributed by atoms with Gasteiger partial charge in [0.1, 0.15) is 22.2 Å². The van der Waals surface area contributed by atoms with Gasteiger partial charge < -0.3 is 9.84 Å². The molecule has 2 aromatic carbocycles. The van der Waals surface area contributed by atoms with Crippen LogP contribution in [0.4, 0.5) is 0 Å². The van der Waals surface area contributed by atoms with Crippen LogP contribution in [-0.4, -0.2) is 42.0 Å². The Morgan fingerprint density at radius 2 is 2.09 bits per heavy atom. The van der Waals surface area contributed by atoms with Crippen LogP contribution in [0.5, 0.6) is 11.5 Å². The smallest absolute Gasteiger partial charge is 0.263 e. The lowest BCUT2D eigenvalue weighted by Crippen LogP contribution is -2.24. The van der Waals surface area contributed by atoms with Crippen molar-refractivity contribution in [2.45, 2.75) is 25.3 Å². The number of phenols is 1. The van der Waals surface area contributed by atoms with Gasteiger partial charge in [-0.3, -0.25) is 9.36 Å². The van der Waals surface area contributed by atoms with Gasteiger partial charge >= 0.3 is 0 Å². The highest BCUT2D eigenvalue weighted by atomic mass is 32.1. The zero-order valence-corrected chi connectivity index (χ0v) is 18.8. The summed E-state index contributed by atoms with van der Waals surface area (Å²) in [5.74, 6) is 2.30. The highest BCUT2D eigenvalue weighted by molar-refractivity contribution is 7.25. The molecule has 5 aromatic rings. The summed E-state index contributed by atoms with van der Waals surface area (Å²) in [5, 5.41) is 23.8. The summed E-state index contributed by atoms with van der Waals surface area (Å²) in [5.41, 5.74) is 1.81. The molecule has 1 fully saturated rings. The van der Waals surface area contributed by atoms with Gasteiger partial charge in [0.05, 0.1) is 30.8 Å². The van der Waals surface area contributed by atoms with Crippen LogP contribution >= 0.6 is 11.3 Å². The molecule has 0 atom stereocenters. The van der Waals surface area contributed by atoms with Gasteiger partial charge in [-0.2, -0.15) is 4.80 Å². The topological polar surface area (TPSA) is 108 Å². The molecule has 0 radical (unpaired) electrons. The van der Waals surface area contributed by atoms with Crippen molar-refractivity contribution in [3.63, 3.8) is 0 Å². The molecule has 9 nitrogen and oxygen atoms in total. The lowest BCUT2D eigenvalue weighted by Gasteiger charge is -2.15.